The molecule has 1 nitrogen and oxygen atoms in total. The van der Waals surface area contributed by atoms with Gasteiger partial charge in [-0.05, 0) is 30.2 Å². The molecular formula is C14H19ClFN. The van der Waals surface area contributed by atoms with Crippen molar-refractivity contribution >= 4 is 17.7 Å². The summed E-state index contributed by atoms with van der Waals surface area (Å²) in [7, 11) is 0. The third-order valence-electron chi connectivity index (χ3n) is 2.62. The molecule has 1 aromatic carbocycles. The standard InChI is InChI=1S/C14H19ClFN/c1-4-17-9-12(10(2)3)7-11-5-6-14(16)13(15)8-11/h5-8,10,17H,4,9H2,1-3H3/b12-7-. The number of benzene rings is 1. The van der Waals surface area contributed by atoms with Gasteiger partial charge in [-0.25, -0.2) is 4.39 Å². The van der Waals surface area contributed by atoms with Crippen LogP contribution in [0.5, 0.6) is 0 Å². The van der Waals surface area contributed by atoms with E-state index in [1.54, 1.807) is 12.1 Å². The van der Waals surface area contributed by atoms with Gasteiger partial charge >= 0.3 is 0 Å². The summed E-state index contributed by atoms with van der Waals surface area (Å²) in [6.45, 7) is 8.16. The highest BCUT2D eigenvalue weighted by Gasteiger charge is 2.04. The van der Waals surface area contributed by atoms with Crippen molar-refractivity contribution in [3.05, 3.63) is 40.2 Å². The Kier molecular flexibility index (Phi) is 5.66. The van der Waals surface area contributed by atoms with E-state index in [9.17, 15) is 4.39 Å². The van der Waals surface area contributed by atoms with Crippen molar-refractivity contribution in [1.29, 1.82) is 0 Å². The SMILES string of the molecule is CCNC/C(=C/c1ccc(F)c(Cl)c1)C(C)C. The normalized spacial score (nSPS) is 12.2. The molecule has 3 heteroatoms. The maximum absolute atomic E-state index is 13.0. The molecule has 0 aliphatic heterocycles. The number of likely N-dealkylation sites (N-methyl/N-ethyl adjacent to an activating group) is 1. The summed E-state index contributed by atoms with van der Waals surface area (Å²) in [4.78, 5) is 0. The molecule has 0 spiro atoms. The van der Waals surface area contributed by atoms with Gasteiger partial charge in [-0.1, -0.05) is 50.1 Å². The Balaban J connectivity index is 2.91. The first-order valence-corrected chi connectivity index (χ1v) is 6.28. The summed E-state index contributed by atoms with van der Waals surface area (Å²) in [5.74, 6) is 0.0828. The average Bonchev–Trinajstić information content (AvgIpc) is 2.28. The average molecular weight is 256 g/mol. The van der Waals surface area contributed by atoms with E-state index in [0.717, 1.165) is 18.7 Å². The lowest BCUT2D eigenvalue weighted by atomic mass is 10.0. The quantitative estimate of drug-likeness (QED) is 0.834. The summed E-state index contributed by atoms with van der Waals surface area (Å²) < 4.78 is 13.0. The molecule has 94 valence electrons. The Morgan fingerprint density at radius 3 is 2.71 bits per heavy atom. The Morgan fingerprint density at radius 1 is 1.47 bits per heavy atom. The molecule has 0 saturated heterocycles. The fourth-order valence-corrected chi connectivity index (χ4v) is 1.70. The molecule has 0 aromatic heterocycles. The van der Waals surface area contributed by atoms with Crippen LogP contribution in [0.3, 0.4) is 0 Å². The number of hydrogen-bond acceptors (Lipinski definition) is 1. The Bertz CT molecular complexity index is 399. The molecule has 0 amide bonds. The number of nitrogens with one attached hydrogen (secondary N) is 1. The van der Waals surface area contributed by atoms with Crippen molar-refractivity contribution in [3.8, 4) is 0 Å². The van der Waals surface area contributed by atoms with Crippen LogP contribution in [-0.4, -0.2) is 13.1 Å². The summed E-state index contributed by atoms with van der Waals surface area (Å²) in [6, 6.07) is 4.81. The van der Waals surface area contributed by atoms with Gasteiger partial charge in [-0.2, -0.15) is 0 Å². The molecule has 0 aliphatic carbocycles. The van der Waals surface area contributed by atoms with Crippen LogP contribution in [0.1, 0.15) is 26.3 Å². The Labute approximate surface area is 108 Å². The van der Waals surface area contributed by atoms with Gasteiger partial charge in [-0.15, -0.1) is 0 Å². The molecule has 0 heterocycles. The molecule has 0 aliphatic rings. The second-order valence-electron chi connectivity index (χ2n) is 4.33. The van der Waals surface area contributed by atoms with Crippen molar-refractivity contribution < 1.29 is 4.39 Å². The van der Waals surface area contributed by atoms with Crippen LogP contribution in [-0.2, 0) is 0 Å². The third-order valence-corrected chi connectivity index (χ3v) is 2.91. The van der Waals surface area contributed by atoms with Crippen molar-refractivity contribution in [2.24, 2.45) is 5.92 Å². The van der Waals surface area contributed by atoms with Crippen molar-refractivity contribution in [3.63, 3.8) is 0 Å². The molecular weight excluding hydrogens is 237 g/mol. The Morgan fingerprint density at radius 2 is 2.18 bits per heavy atom. The Hall–Kier alpha value is -0.860. The molecule has 0 saturated carbocycles. The maximum Gasteiger partial charge on any atom is 0.141 e. The summed E-state index contributed by atoms with van der Waals surface area (Å²) in [6.07, 6.45) is 2.07. The van der Waals surface area contributed by atoms with Gasteiger partial charge in [0.1, 0.15) is 5.82 Å². The molecule has 17 heavy (non-hydrogen) atoms. The third kappa shape index (κ3) is 4.49. The lowest BCUT2D eigenvalue weighted by Gasteiger charge is -2.12. The van der Waals surface area contributed by atoms with Crippen LogP contribution in [0.2, 0.25) is 5.02 Å². The smallest absolute Gasteiger partial charge is 0.141 e. The van der Waals surface area contributed by atoms with E-state index in [4.69, 9.17) is 11.6 Å². The van der Waals surface area contributed by atoms with Crippen LogP contribution in [0.15, 0.2) is 23.8 Å². The zero-order valence-electron chi connectivity index (χ0n) is 10.6. The fraction of sp³-hybridized carbons (Fsp3) is 0.429. The van der Waals surface area contributed by atoms with Crippen LogP contribution in [0.4, 0.5) is 4.39 Å². The highest BCUT2D eigenvalue weighted by atomic mass is 35.5. The monoisotopic (exact) mass is 255 g/mol. The van der Waals surface area contributed by atoms with E-state index in [1.807, 2.05) is 0 Å². The number of rotatable bonds is 5. The van der Waals surface area contributed by atoms with E-state index in [-0.39, 0.29) is 10.8 Å². The topological polar surface area (TPSA) is 12.0 Å². The van der Waals surface area contributed by atoms with Gasteiger partial charge in [0, 0.05) is 6.54 Å². The molecule has 1 rings (SSSR count). The van der Waals surface area contributed by atoms with Crippen molar-refractivity contribution in [1.82, 2.24) is 5.32 Å². The molecule has 0 radical (unpaired) electrons. The second-order valence-corrected chi connectivity index (χ2v) is 4.74. The summed E-state index contributed by atoms with van der Waals surface area (Å²) >= 11 is 5.76. The highest BCUT2D eigenvalue weighted by Crippen LogP contribution is 2.20. The predicted molar refractivity (Wildman–Crippen MR) is 72.8 cm³/mol. The minimum atomic E-state index is -0.374. The van der Waals surface area contributed by atoms with Crippen molar-refractivity contribution in [2.45, 2.75) is 20.8 Å². The molecule has 0 unspecified atom stereocenters. The van der Waals surface area contributed by atoms with Gasteiger partial charge in [0.2, 0.25) is 0 Å². The summed E-state index contributed by atoms with van der Waals surface area (Å²) in [5.41, 5.74) is 2.23. The highest BCUT2D eigenvalue weighted by molar-refractivity contribution is 6.30. The molecule has 1 N–H and O–H groups in total. The van der Waals surface area contributed by atoms with Crippen molar-refractivity contribution in [2.75, 3.05) is 13.1 Å². The lowest BCUT2D eigenvalue weighted by molar-refractivity contribution is 0.628. The first-order valence-electron chi connectivity index (χ1n) is 5.90. The van der Waals surface area contributed by atoms with Gasteiger partial charge < -0.3 is 5.32 Å². The zero-order chi connectivity index (χ0) is 12.8. The fourth-order valence-electron chi connectivity index (χ4n) is 1.51. The van der Waals surface area contributed by atoms with E-state index in [0.29, 0.717) is 5.92 Å². The largest absolute Gasteiger partial charge is 0.313 e. The van der Waals surface area contributed by atoms with Crippen LogP contribution >= 0.6 is 11.6 Å². The summed E-state index contributed by atoms with van der Waals surface area (Å²) in [5, 5.41) is 3.47. The number of hydrogen-bond donors (Lipinski definition) is 1. The van der Waals surface area contributed by atoms with Crippen LogP contribution < -0.4 is 5.32 Å². The van der Waals surface area contributed by atoms with E-state index < -0.39 is 0 Å². The van der Waals surface area contributed by atoms with Crippen LogP contribution in [0, 0.1) is 11.7 Å². The minimum absolute atomic E-state index is 0.172. The predicted octanol–water partition coefficient (Wildman–Crippen LogP) is 4.13. The van der Waals surface area contributed by atoms with E-state index in [2.05, 4.69) is 32.2 Å². The molecule has 0 atom stereocenters. The van der Waals surface area contributed by atoms with E-state index in [1.165, 1.54) is 11.6 Å². The minimum Gasteiger partial charge on any atom is -0.313 e. The van der Waals surface area contributed by atoms with Gasteiger partial charge in [-0.3, -0.25) is 0 Å². The van der Waals surface area contributed by atoms with E-state index >= 15 is 0 Å². The second kappa shape index (κ2) is 6.77. The molecule has 1 aromatic rings. The molecule has 0 fully saturated rings. The lowest BCUT2D eigenvalue weighted by Crippen LogP contribution is -2.18. The maximum atomic E-state index is 13.0. The molecule has 0 bridgehead atoms. The first kappa shape index (κ1) is 14.2. The number of halogens is 2. The van der Waals surface area contributed by atoms with Gasteiger partial charge in [0.05, 0.1) is 5.02 Å². The first-order chi connectivity index (χ1) is 8.04. The van der Waals surface area contributed by atoms with Gasteiger partial charge in [0.25, 0.3) is 0 Å². The zero-order valence-corrected chi connectivity index (χ0v) is 11.3. The van der Waals surface area contributed by atoms with Crippen LogP contribution in [0.25, 0.3) is 6.08 Å². The van der Waals surface area contributed by atoms with Gasteiger partial charge in [0.15, 0.2) is 0 Å².